The number of nitriles is 1. The standard InChI is InChI=1S/C13H11N5O2/c1-9(19)10-3-2-4-11(5-10)16-13(20)7-18-8-15-17-12(18)6-14/h2-5,8H,7H2,1H3,(H,16,20). The summed E-state index contributed by atoms with van der Waals surface area (Å²) in [6.45, 7) is 1.39. The number of nitrogens with zero attached hydrogens (tertiary/aromatic N) is 4. The summed E-state index contributed by atoms with van der Waals surface area (Å²) in [7, 11) is 0. The van der Waals surface area contributed by atoms with E-state index in [0.29, 0.717) is 11.3 Å². The van der Waals surface area contributed by atoms with Gasteiger partial charge in [0.05, 0.1) is 0 Å². The maximum Gasteiger partial charge on any atom is 0.244 e. The largest absolute Gasteiger partial charge is 0.325 e. The van der Waals surface area contributed by atoms with E-state index in [4.69, 9.17) is 5.26 Å². The lowest BCUT2D eigenvalue weighted by Gasteiger charge is -2.06. The van der Waals surface area contributed by atoms with Gasteiger partial charge in [0.2, 0.25) is 11.7 Å². The third-order valence-electron chi connectivity index (χ3n) is 2.58. The Morgan fingerprint density at radius 3 is 2.95 bits per heavy atom. The molecule has 100 valence electrons. The molecule has 1 heterocycles. The normalized spacial score (nSPS) is 9.80. The van der Waals surface area contributed by atoms with Crippen molar-refractivity contribution in [2.45, 2.75) is 13.5 Å². The van der Waals surface area contributed by atoms with Crippen LogP contribution >= 0.6 is 0 Å². The molecular formula is C13H11N5O2. The molecular weight excluding hydrogens is 258 g/mol. The highest BCUT2D eigenvalue weighted by Crippen LogP contribution is 2.11. The number of Topliss-reactive ketones (excluding diaryl/α,β-unsaturated/α-hetero) is 1. The van der Waals surface area contributed by atoms with Crippen LogP contribution in [0.1, 0.15) is 23.1 Å². The molecule has 2 rings (SSSR count). The Hall–Kier alpha value is -3.01. The lowest BCUT2D eigenvalue weighted by molar-refractivity contribution is -0.116. The molecule has 0 aliphatic rings. The minimum Gasteiger partial charge on any atom is -0.325 e. The van der Waals surface area contributed by atoms with Crippen LogP contribution in [0.25, 0.3) is 0 Å². The molecule has 0 aliphatic carbocycles. The predicted molar refractivity (Wildman–Crippen MR) is 69.8 cm³/mol. The molecule has 0 unspecified atom stereocenters. The predicted octanol–water partition coefficient (Wildman–Crippen LogP) is 0.991. The number of aromatic nitrogens is 3. The van der Waals surface area contributed by atoms with Gasteiger partial charge < -0.3 is 5.32 Å². The van der Waals surface area contributed by atoms with E-state index in [1.807, 2.05) is 6.07 Å². The van der Waals surface area contributed by atoms with E-state index in [-0.39, 0.29) is 24.1 Å². The monoisotopic (exact) mass is 269 g/mol. The van der Waals surface area contributed by atoms with Crippen LogP contribution in [0.15, 0.2) is 30.6 Å². The van der Waals surface area contributed by atoms with E-state index in [1.165, 1.54) is 17.8 Å². The molecule has 0 radical (unpaired) electrons. The van der Waals surface area contributed by atoms with Crippen LogP contribution in [0.3, 0.4) is 0 Å². The van der Waals surface area contributed by atoms with Crippen molar-refractivity contribution in [3.8, 4) is 6.07 Å². The van der Waals surface area contributed by atoms with Crippen molar-refractivity contribution in [1.82, 2.24) is 14.8 Å². The van der Waals surface area contributed by atoms with Crippen molar-refractivity contribution < 1.29 is 9.59 Å². The van der Waals surface area contributed by atoms with Gasteiger partial charge in [0.25, 0.3) is 0 Å². The van der Waals surface area contributed by atoms with Gasteiger partial charge in [0.15, 0.2) is 5.78 Å². The highest BCUT2D eigenvalue weighted by Gasteiger charge is 2.09. The molecule has 2 aromatic rings. The van der Waals surface area contributed by atoms with E-state index < -0.39 is 0 Å². The van der Waals surface area contributed by atoms with Crippen molar-refractivity contribution >= 4 is 17.4 Å². The average Bonchev–Trinajstić information content (AvgIpc) is 2.86. The van der Waals surface area contributed by atoms with E-state index in [9.17, 15) is 9.59 Å². The molecule has 0 atom stereocenters. The number of carbonyl (C=O) groups excluding carboxylic acids is 2. The Bertz CT molecular complexity index is 699. The first-order chi connectivity index (χ1) is 9.60. The SMILES string of the molecule is CC(=O)c1cccc(NC(=O)Cn2cnnc2C#N)c1. The second-order valence-corrected chi connectivity index (χ2v) is 4.08. The summed E-state index contributed by atoms with van der Waals surface area (Å²) in [6, 6.07) is 8.47. The van der Waals surface area contributed by atoms with Gasteiger partial charge in [-0.15, -0.1) is 10.2 Å². The number of benzene rings is 1. The molecule has 0 bridgehead atoms. The molecule has 20 heavy (non-hydrogen) atoms. The Labute approximate surface area is 114 Å². The zero-order chi connectivity index (χ0) is 14.5. The van der Waals surface area contributed by atoms with Crippen molar-refractivity contribution in [2.75, 3.05) is 5.32 Å². The molecule has 1 aromatic carbocycles. The van der Waals surface area contributed by atoms with E-state index in [1.54, 1.807) is 24.3 Å². The number of ketones is 1. The van der Waals surface area contributed by atoms with Crippen molar-refractivity contribution in [2.24, 2.45) is 0 Å². The first-order valence-electron chi connectivity index (χ1n) is 5.79. The molecule has 0 fully saturated rings. The van der Waals surface area contributed by atoms with Crippen LogP contribution in [0, 0.1) is 11.3 Å². The molecule has 1 aromatic heterocycles. The van der Waals surface area contributed by atoms with E-state index in [2.05, 4.69) is 15.5 Å². The lowest BCUT2D eigenvalue weighted by atomic mass is 10.1. The van der Waals surface area contributed by atoms with Crippen molar-refractivity contribution in [3.05, 3.63) is 42.0 Å². The second kappa shape index (κ2) is 5.75. The van der Waals surface area contributed by atoms with Gasteiger partial charge in [-0.1, -0.05) is 12.1 Å². The fourth-order valence-electron chi connectivity index (χ4n) is 1.63. The first-order valence-corrected chi connectivity index (χ1v) is 5.79. The number of nitrogens with one attached hydrogen (secondary N) is 1. The van der Waals surface area contributed by atoms with Gasteiger partial charge in [-0.3, -0.25) is 14.2 Å². The number of rotatable bonds is 4. The fourth-order valence-corrected chi connectivity index (χ4v) is 1.63. The summed E-state index contributed by atoms with van der Waals surface area (Å²) >= 11 is 0. The van der Waals surface area contributed by atoms with Crippen LogP contribution in [-0.4, -0.2) is 26.5 Å². The minimum atomic E-state index is -0.331. The second-order valence-electron chi connectivity index (χ2n) is 4.08. The number of hydrogen-bond acceptors (Lipinski definition) is 5. The fraction of sp³-hybridized carbons (Fsp3) is 0.154. The molecule has 0 saturated heterocycles. The van der Waals surface area contributed by atoms with Crippen LogP contribution in [0.4, 0.5) is 5.69 Å². The van der Waals surface area contributed by atoms with Gasteiger partial charge in [-0.05, 0) is 19.1 Å². The summed E-state index contributed by atoms with van der Waals surface area (Å²) < 4.78 is 1.34. The van der Waals surface area contributed by atoms with Crippen LogP contribution in [0.2, 0.25) is 0 Å². The van der Waals surface area contributed by atoms with Crippen LogP contribution in [-0.2, 0) is 11.3 Å². The molecule has 7 nitrogen and oxygen atoms in total. The molecule has 1 amide bonds. The highest BCUT2D eigenvalue weighted by atomic mass is 16.2. The minimum absolute atomic E-state index is 0.0673. The smallest absolute Gasteiger partial charge is 0.244 e. The van der Waals surface area contributed by atoms with E-state index in [0.717, 1.165) is 0 Å². The van der Waals surface area contributed by atoms with Gasteiger partial charge in [0.1, 0.15) is 18.9 Å². The van der Waals surface area contributed by atoms with Gasteiger partial charge in [-0.2, -0.15) is 5.26 Å². The summed E-state index contributed by atoms with van der Waals surface area (Å²) in [6.07, 6.45) is 1.31. The van der Waals surface area contributed by atoms with E-state index >= 15 is 0 Å². The maximum absolute atomic E-state index is 11.8. The summed E-state index contributed by atoms with van der Waals surface area (Å²) in [5.74, 6) is -0.341. The lowest BCUT2D eigenvalue weighted by Crippen LogP contribution is -2.19. The summed E-state index contributed by atoms with van der Waals surface area (Å²) in [5, 5.41) is 18.5. The third kappa shape index (κ3) is 3.05. The van der Waals surface area contributed by atoms with Gasteiger partial charge in [0, 0.05) is 11.3 Å². The molecule has 0 aliphatic heterocycles. The summed E-state index contributed by atoms with van der Waals surface area (Å²) in [4.78, 5) is 23.1. The molecule has 7 heteroatoms. The van der Waals surface area contributed by atoms with Crippen LogP contribution in [0.5, 0.6) is 0 Å². The quantitative estimate of drug-likeness (QED) is 0.834. The Balaban J connectivity index is 2.07. The first kappa shape index (κ1) is 13.4. The zero-order valence-corrected chi connectivity index (χ0v) is 10.7. The number of hydrogen-bond donors (Lipinski definition) is 1. The van der Waals surface area contributed by atoms with Gasteiger partial charge >= 0.3 is 0 Å². The van der Waals surface area contributed by atoms with Gasteiger partial charge in [-0.25, -0.2) is 0 Å². The van der Waals surface area contributed by atoms with Crippen molar-refractivity contribution in [1.29, 1.82) is 5.26 Å². The Morgan fingerprint density at radius 2 is 2.25 bits per heavy atom. The zero-order valence-electron chi connectivity index (χ0n) is 10.7. The molecule has 1 N–H and O–H groups in total. The number of carbonyl (C=O) groups is 2. The third-order valence-corrected chi connectivity index (χ3v) is 2.58. The summed E-state index contributed by atoms with van der Waals surface area (Å²) in [5.41, 5.74) is 1.04. The number of amides is 1. The highest BCUT2D eigenvalue weighted by molar-refractivity contribution is 5.97. The number of anilines is 1. The molecule has 0 saturated carbocycles. The van der Waals surface area contributed by atoms with Crippen molar-refractivity contribution in [3.63, 3.8) is 0 Å². The maximum atomic E-state index is 11.8. The topological polar surface area (TPSA) is 101 Å². The average molecular weight is 269 g/mol. The van der Waals surface area contributed by atoms with Crippen LogP contribution < -0.4 is 5.32 Å². The Kier molecular flexibility index (Phi) is 3.86. The molecule has 0 spiro atoms. The Morgan fingerprint density at radius 1 is 1.45 bits per heavy atom.